The lowest BCUT2D eigenvalue weighted by atomic mass is 10.0. The maximum Gasteiger partial charge on any atom is 0.261 e. The second-order valence-corrected chi connectivity index (χ2v) is 7.77. The highest BCUT2D eigenvalue weighted by atomic mass is 16.5. The van der Waals surface area contributed by atoms with Gasteiger partial charge in [-0.3, -0.25) is 14.5 Å². The molecule has 0 fully saturated rings. The fourth-order valence-electron chi connectivity index (χ4n) is 4.20. The highest BCUT2D eigenvalue weighted by molar-refractivity contribution is 6.23. The Labute approximate surface area is 179 Å². The second-order valence-electron chi connectivity index (χ2n) is 7.77. The van der Waals surface area contributed by atoms with Gasteiger partial charge in [0.2, 0.25) is 0 Å². The Morgan fingerprint density at radius 2 is 1.65 bits per heavy atom. The van der Waals surface area contributed by atoms with Crippen molar-refractivity contribution in [3.05, 3.63) is 77.5 Å². The second kappa shape index (κ2) is 7.89. The van der Waals surface area contributed by atoms with Crippen molar-refractivity contribution in [3.63, 3.8) is 0 Å². The lowest BCUT2D eigenvalue weighted by molar-refractivity contribution is 0.0647. The first kappa shape index (κ1) is 19.3. The maximum absolute atomic E-state index is 12.8. The van der Waals surface area contributed by atoms with Gasteiger partial charge in [-0.1, -0.05) is 24.3 Å². The van der Waals surface area contributed by atoms with Crippen LogP contribution in [0.25, 0.3) is 21.7 Å². The average molecular weight is 413 g/mol. The van der Waals surface area contributed by atoms with Gasteiger partial charge in [-0.05, 0) is 66.1 Å². The minimum atomic E-state index is -0.231. The van der Waals surface area contributed by atoms with Crippen LogP contribution in [0.15, 0.2) is 60.8 Å². The Morgan fingerprint density at radius 1 is 0.935 bits per heavy atom. The molecule has 3 aromatic carbocycles. The van der Waals surface area contributed by atoms with Crippen LogP contribution in [0, 0.1) is 0 Å². The largest absolute Gasteiger partial charge is 0.494 e. The Bertz CT molecular complexity index is 1250. The molecular formula is C25H23N3O3. The summed E-state index contributed by atoms with van der Waals surface area (Å²) in [5.41, 5.74) is 8.87. The Kier molecular flexibility index (Phi) is 4.92. The van der Waals surface area contributed by atoms with Gasteiger partial charge in [-0.15, -0.1) is 0 Å². The van der Waals surface area contributed by atoms with E-state index in [4.69, 9.17) is 10.5 Å². The number of nitrogens with one attached hydrogen (secondary N) is 1. The SMILES string of the molecule is NCCc1c[nH]c2ccc(OCCCN3C(=O)c4cc5ccccc5cc4C3=O)cc12. The number of aromatic nitrogens is 1. The number of benzene rings is 3. The van der Waals surface area contributed by atoms with Crippen LogP contribution in [0.5, 0.6) is 5.75 Å². The van der Waals surface area contributed by atoms with Gasteiger partial charge in [0.25, 0.3) is 11.8 Å². The van der Waals surface area contributed by atoms with Crippen LogP contribution in [0.4, 0.5) is 0 Å². The molecule has 2 heterocycles. The number of rotatable bonds is 7. The van der Waals surface area contributed by atoms with Crippen molar-refractivity contribution in [2.24, 2.45) is 5.73 Å². The molecule has 0 spiro atoms. The summed E-state index contributed by atoms with van der Waals surface area (Å²) in [5.74, 6) is 0.302. The number of fused-ring (bicyclic) bond motifs is 3. The molecule has 3 N–H and O–H groups in total. The molecule has 6 heteroatoms. The predicted octanol–water partition coefficient (Wildman–Crippen LogP) is 3.89. The highest BCUT2D eigenvalue weighted by Gasteiger charge is 2.35. The topological polar surface area (TPSA) is 88.4 Å². The van der Waals surface area contributed by atoms with E-state index >= 15 is 0 Å². The summed E-state index contributed by atoms with van der Waals surface area (Å²) in [4.78, 5) is 30.1. The number of imide groups is 1. The highest BCUT2D eigenvalue weighted by Crippen LogP contribution is 2.28. The maximum atomic E-state index is 12.8. The Hall–Kier alpha value is -3.64. The number of nitrogens with two attached hydrogens (primary N) is 1. The Morgan fingerprint density at radius 3 is 2.32 bits per heavy atom. The standard InChI is InChI=1S/C25H23N3O3/c26-9-8-18-15-27-23-7-6-19(14-20(18)23)31-11-3-10-28-24(29)21-12-16-4-1-2-5-17(16)13-22(21)25(28)30/h1-2,4-7,12-15,27H,3,8-11,26H2. The van der Waals surface area contributed by atoms with E-state index in [-0.39, 0.29) is 11.8 Å². The first-order valence-electron chi connectivity index (χ1n) is 10.5. The van der Waals surface area contributed by atoms with Crippen LogP contribution < -0.4 is 10.5 Å². The van der Waals surface area contributed by atoms with E-state index in [0.717, 1.165) is 33.8 Å². The number of carbonyl (C=O) groups excluding carboxylic acids is 2. The van der Waals surface area contributed by atoms with Crippen molar-refractivity contribution in [2.45, 2.75) is 12.8 Å². The minimum Gasteiger partial charge on any atom is -0.494 e. The third-order valence-corrected chi connectivity index (χ3v) is 5.78. The van der Waals surface area contributed by atoms with E-state index in [1.54, 1.807) is 0 Å². The van der Waals surface area contributed by atoms with E-state index in [0.29, 0.717) is 37.2 Å². The summed E-state index contributed by atoms with van der Waals surface area (Å²) in [6, 6.07) is 17.3. The lowest BCUT2D eigenvalue weighted by Gasteiger charge is -2.14. The first-order valence-corrected chi connectivity index (χ1v) is 10.5. The van der Waals surface area contributed by atoms with Crippen LogP contribution >= 0.6 is 0 Å². The zero-order valence-corrected chi connectivity index (χ0v) is 17.1. The molecule has 4 aromatic rings. The third kappa shape index (κ3) is 3.45. The van der Waals surface area contributed by atoms with Gasteiger partial charge in [-0.2, -0.15) is 0 Å². The lowest BCUT2D eigenvalue weighted by Crippen LogP contribution is -2.31. The van der Waals surface area contributed by atoms with Crippen LogP contribution in [0.3, 0.4) is 0 Å². The van der Waals surface area contributed by atoms with Gasteiger partial charge in [0.05, 0.1) is 17.7 Å². The molecule has 0 saturated heterocycles. The van der Waals surface area contributed by atoms with E-state index in [2.05, 4.69) is 4.98 Å². The number of hydrogen-bond acceptors (Lipinski definition) is 4. The molecule has 0 unspecified atom stereocenters. The van der Waals surface area contributed by atoms with Gasteiger partial charge >= 0.3 is 0 Å². The molecule has 156 valence electrons. The summed E-state index contributed by atoms with van der Waals surface area (Å²) in [7, 11) is 0. The fourth-order valence-corrected chi connectivity index (χ4v) is 4.20. The number of ether oxygens (including phenoxy) is 1. The van der Waals surface area contributed by atoms with E-state index in [9.17, 15) is 9.59 Å². The van der Waals surface area contributed by atoms with Crippen molar-refractivity contribution in [3.8, 4) is 5.75 Å². The van der Waals surface area contributed by atoms with Crippen molar-refractivity contribution in [2.75, 3.05) is 19.7 Å². The zero-order chi connectivity index (χ0) is 21.4. The van der Waals surface area contributed by atoms with Gasteiger partial charge in [0.1, 0.15) is 5.75 Å². The molecule has 6 nitrogen and oxygen atoms in total. The number of H-pyrrole nitrogens is 1. The van der Waals surface area contributed by atoms with Crippen molar-refractivity contribution >= 4 is 33.5 Å². The van der Waals surface area contributed by atoms with E-state index in [1.165, 1.54) is 10.5 Å². The predicted molar refractivity (Wildman–Crippen MR) is 120 cm³/mol. The summed E-state index contributed by atoms with van der Waals surface area (Å²) in [6.45, 7) is 1.33. The van der Waals surface area contributed by atoms with Gasteiger partial charge in [0, 0.05) is 23.6 Å². The molecule has 2 amide bonds. The van der Waals surface area contributed by atoms with Gasteiger partial charge in [0.15, 0.2) is 0 Å². The van der Waals surface area contributed by atoms with Crippen molar-refractivity contribution in [1.82, 2.24) is 9.88 Å². The number of aromatic amines is 1. The Balaban J connectivity index is 1.24. The normalized spacial score (nSPS) is 13.4. The van der Waals surface area contributed by atoms with Gasteiger partial charge in [-0.25, -0.2) is 0 Å². The number of nitrogens with zero attached hydrogens (tertiary/aromatic N) is 1. The number of carbonyl (C=O) groups is 2. The smallest absolute Gasteiger partial charge is 0.261 e. The third-order valence-electron chi connectivity index (χ3n) is 5.78. The van der Waals surface area contributed by atoms with E-state index in [1.807, 2.05) is 60.8 Å². The molecule has 0 atom stereocenters. The molecular weight excluding hydrogens is 390 g/mol. The molecule has 0 aliphatic carbocycles. The van der Waals surface area contributed by atoms with Crippen molar-refractivity contribution in [1.29, 1.82) is 0 Å². The average Bonchev–Trinajstić information content (AvgIpc) is 3.29. The quantitative estimate of drug-likeness (QED) is 0.355. The monoisotopic (exact) mass is 413 g/mol. The first-order chi connectivity index (χ1) is 15.2. The fraction of sp³-hybridized carbons (Fsp3) is 0.200. The van der Waals surface area contributed by atoms with Gasteiger partial charge < -0.3 is 15.5 Å². The molecule has 31 heavy (non-hydrogen) atoms. The van der Waals surface area contributed by atoms with Crippen LogP contribution in [0.2, 0.25) is 0 Å². The number of hydrogen-bond donors (Lipinski definition) is 2. The van der Waals surface area contributed by atoms with E-state index < -0.39 is 0 Å². The minimum absolute atomic E-state index is 0.231. The molecule has 5 rings (SSSR count). The zero-order valence-electron chi connectivity index (χ0n) is 17.1. The summed E-state index contributed by atoms with van der Waals surface area (Å²) in [5, 5.41) is 3.03. The summed E-state index contributed by atoms with van der Waals surface area (Å²) >= 11 is 0. The molecule has 0 saturated carbocycles. The molecule has 0 bridgehead atoms. The van der Waals surface area contributed by atoms with Crippen LogP contribution in [0.1, 0.15) is 32.7 Å². The summed E-state index contributed by atoms with van der Waals surface area (Å²) < 4.78 is 5.89. The molecule has 1 aromatic heterocycles. The molecule has 1 aliphatic heterocycles. The molecule has 0 radical (unpaired) electrons. The summed E-state index contributed by atoms with van der Waals surface area (Å²) in [6.07, 6.45) is 3.34. The van der Waals surface area contributed by atoms with Crippen molar-refractivity contribution < 1.29 is 14.3 Å². The van der Waals surface area contributed by atoms with Crippen LogP contribution in [-0.4, -0.2) is 41.4 Å². The van der Waals surface area contributed by atoms with Crippen LogP contribution in [-0.2, 0) is 6.42 Å². The number of amides is 2. The molecule has 1 aliphatic rings.